The Labute approximate surface area is 360 Å². The molecule has 0 unspecified atom stereocenters. The van der Waals surface area contributed by atoms with Crippen LogP contribution in [0.2, 0.25) is 0 Å². The fourth-order valence-corrected chi connectivity index (χ4v) is 7.70. The zero-order valence-corrected chi connectivity index (χ0v) is 36.5. The maximum atomic E-state index is 6.17. The maximum absolute atomic E-state index is 6.17. The van der Waals surface area contributed by atoms with Gasteiger partial charge >= 0.3 is 0 Å². The Morgan fingerprint density at radius 1 is 0.508 bits per heavy atom. The number of ether oxygens (including phenoxy) is 2. The highest BCUT2D eigenvalue weighted by atomic mass is 16.5. The smallest absolute Gasteiger partial charge is 0.150 e. The maximum Gasteiger partial charge on any atom is 0.150 e. The van der Waals surface area contributed by atoms with E-state index in [1.807, 2.05) is 12.4 Å². The van der Waals surface area contributed by atoms with Crippen LogP contribution >= 0.6 is 0 Å². The van der Waals surface area contributed by atoms with Crippen LogP contribution in [0.5, 0.6) is 11.5 Å². The van der Waals surface area contributed by atoms with E-state index in [1.54, 1.807) is 0 Å². The lowest BCUT2D eigenvalue weighted by Crippen LogP contribution is -2.00. The Morgan fingerprint density at radius 2 is 0.951 bits per heavy atom. The largest absolute Gasteiger partial charge is 0.494 e. The lowest BCUT2D eigenvalue weighted by molar-refractivity contribution is 0.297. The zero-order valence-electron chi connectivity index (χ0n) is 36.5. The average molecular weight is 813 g/mol. The molecular weight excluding hydrogens is 753 g/mol. The first-order chi connectivity index (χ1) is 29.6. The van der Waals surface area contributed by atoms with E-state index in [-0.39, 0.29) is 0 Å². The minimum atomic E-state index is 0.489. The van der Waals surface area contributed by atoms with Crippen molar-refractivity contribution in [3.05, 3.63) is 143 Å². The zero-order chi connectivity index (χ0) is 42.7. The summed E-state index contributed by atoms with van der Waals surface area (Å²) in [5.74, 6) is 3.61. The summed E-state index contributed by atoms with van der Waals surface area (Å²) in [5, 5.41) is 4.35. The van der Waals surface area contributed by atoms with Gasteiger partial charge in [0, 0.05) is 33.9 Å². The molecule has 0 aliphatic rings. The van der Waals surface area contributed by atoms with E-state index in [0.717, 1.165) is 113 Å². The van der Waals surface area contributed by atoms with Gasteiger partial charge in [0.15, 0.2) is 11.6 Å². The molecule has 4 aromatic carbocycles. The molecule has 8 heteroatoms. The number of aryl methyl sites for hydroxylation is 6. The predicted molar refractivity (Wildman–Crippen MR) is 255 cm³/mol. The summed E-state index contributed by atoms with van der Waals surface area (Å²) in [6.45, 7) is 12.4. The van der Waals surface area contributed by atoms with Crippen LogP contribution in [-0.4, -0.2) is 33.1 Å². The number of benzene rings is 4. The third-order valence-electron chi connectivity index (χ3n) is 11.2. The highest BCUT2D eigenvalue weighted by molar-refractivity contribution is 6.09. The van der Waals surface area contributed by atoms with E-state index in [0.29, 0.717) is 11.6 Å². The quantitative estimate of drug-likeness (QED) is 0.0730. The van der Waals surface area contributed by atoms with Gasteiger partial charge in [0.1, 0.15) is 22.5 Å². The molecule has 0 atom stereocenters. The van der Waals surface area contributed by atoms with Crippen molar-refractivity contribution in [2.24, 2.45) is 5.92 Å². The third kappa shape index (κ3) is 11.3. The second-order valence-corrected chi connectivity index (χ2v) is 16.7. The monoisotopic (exact) mass is 812 g/mol. The van der Waals surface area contributed by atoms with Gasteiger partial charge in [-0.1, -0.05) is 82.1 Å². The van der Waals surface area contributed by atoms with Gasteiger partial charge in [0.2, 0.25) is 0 Å². The van der Waals surface area contributed by atoms with Crippen LogP contribution in [0.1, 0.15) is 86.3 Å². The Balaban J connectivity index is 0.000000184. The SMILES string of the molecule is CCCCCOc1ccc(CCc2cnc3c(N)nc4cc(C)ccc4c3c2)cc1.Cc1ccc2c(c1)nc(N)c1ncc(CCc3ccc(OCCCC(C)C)cc3)cc12. The van der Waals surface area contributed by atoms with Crippen molar-refractivity contribution in [3.8, 4) is 11.5 Å². The second-order valence-electron chi connectivity index (χ2n) is 16.7. The van der Waals surface area contributed by atoms with Gasteiger partial charge < -0.3 is 20.9 Å². The highest BCUT2D eigenvalue weighted by Gasteiger charge is 2.11. The van der Waals surface area contributed by atoms with Gasteiger partial charge in [-0.2, -0.15) is 0 Å². The molecule has 0 aliphatic heterocycles. The number of hydrogen-bond acceptors (Lipinski definition) is 8. The van der Waals surface area contributed by atoms with Gasteiger partial charge in [0.05, 0.1) is 24.2 Å². The summed E-state index contributed by atoms with van der Waals surface area (Å²) in [6.07, 6.45) is 13.5. The van der Waals surface area contributed by atoms with Crippen molar-refractivity contribution in [1.29, 1.82) is 0 Å². The van der Waals surface area contributed by atoms with E-state index in [9.17, 15) is 0 Å². The molecule has 4 heterocycles. The molecule has 0 spiro atoms. The first-order valence-electron chi connectivity index (χ1n) is 22.0. The Hall–Kier alpha value is -6.28. The summed E-state index contributed by atoms with van der Waals surface area (Å²) in [4.78, 5) is 18.3. The molecule has 8 rings (SSSR count). The van der Waals surface area contributed by atoms with Gasteiger partial charge in [-0.15, -0.1) is 0 Å². The Kier molecular flexibility index (Phi) is 14.3. The number of hydrogen-bond donors (Lipinski definition) is 2. The van der Waals surface area contributed by atoms with Crippen molar-refractivity contribution in [3.63, 3.8) is 0 Å². The fourth-order valence-electron chi connectivity index (χ4n) is 7.70. The number of nitrogen functional groups attached to an aromatic ring is 2. The van der Waals surface area contributed by atoms with E-state index >= 15 is 0 Å². The molecule has 0 saturated heterocycles. The highest BCUT2D eigenvalue weighted by Crippen LogP contribution is 2.30. The number of anilines is 2. The standard InChI is InChI=1S/C27H31N3O.C26H29N3O/c1-18(2)5-4-14-31-22-11-9-20(10-12-22)7-8-21-16-24-23-13-6-19(3)15-25(23)30-27(28)26(24)29-17-21;1-3-4-5-14-30-21-11-9-19(10-12-21)7-8-20-16-23-22-13-6-18(2)15-24(22)29-26(27)25(23)28-17-20/h6,9-13,15-18H,4-5,7-8,14H2,1-3H3,(H2,28,30);6,9-13,15-17H,3-5,7-8,14H2,1-2H3,(H2,27,29). The van der Waals surface area contributed by atoms with Crippen molar-refractivity contribution >= 4 is 55.2 Å². The molecule has 0 amide bonds. The van der Waals surface area contributed by atoms with Crippen LogP contribution < -0.4 is 20.9 Å². The number of rotatable bonds is 16. The molecule has 61 heavy (non-hydrogen) atoms. The summed E-state index contributed by atoms with van der Waals surface area (Å²) in [6, 6.07) is 33.9. The molecule has 0 fully saturated rings. The Morgan fingerprint density at radius 3 is 1.39 bits per heavy atom. The van der Waals surface area contributed by atoms with Crippen LogP contribution in [0, 0.1) is 19.8 Å². The minimum Gasteiger partial charge on any atom is -0.494 e. The van der Waals surface area contributed by atoms with Crippen LogP contribution in [0.25, 0.3) is 43.6 Å². The number of fused-ring (bicyclic) bond motifs is 6. The van der Waals surface area contributed by atoms with E-state index in [1.165, 1.54) is 52.6 Å². The summed E-state index contributed by atoms with van der Waals surface area (Å²) in [5.41, 5.74) is 23.1. The van der Waals surface area contributed by atoms with Gasteiger partial charge in [-0.3, -0.25) is 9.97 Å². The van der Waals surface area contributed by atoms with Gasteiger partial charge in [0.25, 0.3) is 0 Å². The molecule has 0 saturated carbocycles. The molecule has 4 aromatic heterocycles. The molecule has 0 bridgehead atoms. The van der Waals surface area contributed by atoms with Crippen LogP contribution in [0.15, 0.2) is 109 Å². The normalized spacial score (nSPS) is 11.4. The van der Waals surface area contributed by atoms with Gasteiger partial charge in [-0.25, -0.2) is 9.97 Å². The van der Waals surface area contributed by atoms with Crippen molar-refractivity contribution in [1.82, 2.24) is 19.9 Å². The first-order valence-corrected chi connectivity index (χ1v) is 22.0. The number of nitrogens with zero attached hydrogens (tertiary/aromatic N) is 4. The predicted octanol–water partition coefficient (Wildman–Crippen LogP) is 12.3. The van der Waals surface area contributed by atoms with Crippen LogP contribution in [0.3, 0.4) is 0 Å². The minimum absolute atomic E-state index is 0.489. The molecular formula is C53H60N6O2. The number of aromatic nitrogens is 4. The molecule has 8 nitrogen and oxygen atoms in total. The summed E-state index contributed by atoms with van der Waals surface area (Å²) >= 11 is 0. The lowest BCUT2D eigenvalue weighted by atomic mass is 10.0. The average Bonchev–Trinajstić information content (AvgIpc) is 3.26. The Bertz CT molecular complexity index is 2710. The lowest BCUT2D eigenvalue weighted by Gasteiger charge is -2.10. The molecule has 4 N–H and O–H groups in total. The van der Waals surface area contributed by atoms with Crippen molar-refractivity contribution in [2.45, 2.75) is 92.4 Å². The van der Waals surface area contributed by atoms with E-state index in [2.05, 4.69) is 152 Å². The second kappa shape index (κ2) is 20.3. The third-order valence-corrected chi connectivity index (χ3v) is 11.2. The number of nitrogens with two attached hydrogens (primary N) is 2. The van der Waals surface area contributed by atoms with Crippen LogP contribution in [0.4, 0.5) is 11.6 Å². The molecule has 0 aliphatic carbocycles. The first kappa shape index (κ1) is 42.8. The van der Waals surface area contributed by atoms with Crippen molar-refractivity contribution in [2.75, 3.05) is 24.7 Å². The number of pyridine rings is 4. The van der Waals surface area contributed by atoms with E-state index in [4.69, 9.17) is 20.9 Å². The summed E-state index contributed by atoms with van der Waals surface area (Å²) in [7, 11) is 0. The van der Waals surface area contributed by atoms with Crippen LogP contribution in [-0.2, 0) is 25.7 Å². The topological polar surface area (TPSA) is 122 Å². The number of unbranched alkanes of at least 4 members (excludes halogenated alkanes) is 2. The van der Waals surface area contributed by atoms with E-state index < -0.39 is 0 Å². The van der Waals surface area contributed by atoms with Crippen molar-refractivity contribution < 1.29 is 9.47 Å². The molecule has 0 radical (unpaired) electrons. The fraction of sp³-hybridized carbons (Fsp3) is 0.321. The van der Waals surface area contributed by atoms with Gasteiger partial charge in [-0.05, 0) is 147 Å². The molecule has 8 aromatic rings. The molecule has 314 valence electrons. The summed E-state index contributed by atoms with van der Waals surface area (Å²) < 4.78 is 11.7.